The summed E-state index contributed by atoms with van der Waals surface area (Å²) < 4.78 is 90.1. The summed E-state index contributed by atoms with van der Waals surface area (Å²) in [7, 11) is 0. The van der Waals surface area contributed by atoms with E-state index in [1.807, 2.05) is 0 Å². The first-order valence-electron chi connectivity index (χ1n) is 7.78. The van der Waals surface area contributed by atoms with Crippen LogP contribution in [0.3, 0.4) is 0 Å². The van der Waals surface area contributed by atoms with Crippen LogP contribution in [0.25, 0.3) is 0 Å². The quantitative estimate of drug-likeness (QED) is 0.585. The van der Waals surface area contributed by atoms with E-state index < -0.39 is 47.3 Å². The summed E-state index contributed by atoms with van der Waals surface area (Å²) in [6, 6.07) is -1.05. The molecule has 0 aromatic heterocycles. The number of hydrogen-bond donors (Lipinski definition) is 0. The van der Waals surface area contributed by atoms with Gasteiger partial charge in [0.05, 0.1) is 25.0 Å². The number of ether oxygens (including phenoxy) is 1. The van der Waals surface area contributed by atoms with Gasteiger partial charge in [-0.2, -0.15) is 26.3 Å². The van der Waals surface area contributed by atoms with E-state index >= 15 is 0 Å². The zero-order valence-corrected chi connectivity index (χ0v) is 12.9. The van der Waals surface area contributed by atoms with Crippen molar-refractivity contribution in [2.45, 2.75) is 44.6 Å². The van der Waals surface area contributed by atoms with E-state index in [1.165, 1.54) is 6.92 Å². The largest absolute Gasteiger partial charge is 0.490 e. The summed E-state index contributed by atoms with van der Waals surface area (Å²) in [6.45, 7) is 1.37. The summed E-state index contributed by atoms with van der Waals surface area (Å²) in [4.78, 5) is 22.9. The molecule has 0 unspecified atom stereocenters. The summed E-state index contributed by atoms with van der Waals surface area (Å²) in [5.41, 5.74) is -3.55. The Morgan fingerprint density at radius 1 is 1.04 bits per heavy atom. The summed E-state index contributed by atoms with van der Waals surface area (Å²) in [5.74, 6) is -2.06. The molecule has 0 saturated heterocycles. The van der Waals surface area contributed by atoms with Crippen molar-refractivity contribution in [2.24, 2.45) is 5.92 Å². The van der Waals surface area contributed by atoms with Gasteiger partial charge in [-0.05, 0) is 25.1 Å². The number of Topliss-reactive ketones (excluding diaryl/α,β-unsaturated/α-hetero) is 2. The highest BCUT2D eigenvalue weighted by molar-refractivity contribution is 6.01. The van der Waals surface area contributed by atoms with E-state index in [0.29, 0.717) is 12.1 Å². The predicted octanol–water partition coefficient (Wildman–Crippen LogP) is 4.43. The number of carbonyl (C=O) groups excluding carboxylic acids is 2. The molecular formula is C16H14F6O3. The van der Waals surface area contributed by atoms with Gasteiger partial charge in [-0.15, -0.1) is 0 Å². The van der Waals surface area contributed by atoms with Crippen molar-refractivity contribution in [3.63, 3.8) is 0 Å². The van der Waals surface area contributed by atoms with Crippen molar-refractivity contribution in [1.29, 1.82) is 0 Å². The maximum Gasteiger partial charge on any atom is 0.416 e. The number of rotatable bonds is 3. The Bertz CT molecular complexity index is 675. The van der Waals surface area contributed by atoms with Crippen LogP contribution in [-0.2, 0) is 21.9 Å². The van der Waals surface area contributed by atoms with Crippen molar-refractivity contribution in [1.82, 2.24) is 0 Å². The van der Waals surface area contributed by atoms with E-state index in [0.717, 1.165) is 0 Å². The maximum atomic E-state index is 13.0. The highest BCUT2D eigenvalue weighted by Gasteiger charge is 2.38. The second kappa shape index (κ2) is 6.68. The molecule has 1 aliphatic rings. The number of ketones is 2. The van der Waals surface area contributed by atoms with Gasteiger partial charge >= 0.3 is 12.4 Å². The van der Waals surface area contributed by atoms with Gasteiger partial charge in [-0.1, -0.05) is 0 Å². The van der Waals surface area contributed by atoms with Gasteiger partial charge in [0.25, 0.3) is 0 Å². The molecule has 138 valence electrons. The molecular weight excluding hydrogens is 354 g/mol. The summed E-state index contributed by atoms with van der Waals surface area (Å²) in [5, 5.41) is 0. The lowest BCUT2D eigenvalue weighted by atomic mass is 9.84. The van der Waals surface area contributed by atoms with Gasteiger partial charge in [0, 0.05) is 18.8 Å². The van der Waals surface area contributed by atoms with E-state index in [-0.39, 0.29) is 30.8 Å². The van der Waals surface area contributed by atoms with Crippen molar-refractivity contribution in [3.8, 4) is 5.75 Å². The Balaban J connectivity index is 2.37. The van der Waals surface area contributed by atoms with Crippen LogP contribution in [0.15, 0.2) is 18.2 Å². The topological polar surface area (TPSA) is 43.4 Å². The Kier molecular flexibility index (Phi) is 4.75. The summed E-state index contributed by atoms with van der Waals surface area (Å²) in [6.07, 6.45) is -11.6. The van der Waals surface area contributed by atoms with Crippen LogP contribution in [0.4, 0.5) is 26.3 Å². The zero-order chi connectivity index (χ0) is 19.9. The Morgan fingerprint density at radius 2 is 1.48 bits per heavy atom. The smallest absolute Gasteiger partial charge is 0.416 e. The molecule has 2 rings (SSSR count). The van der Waals surface area contributed by atoms with Crippen LogP contribution in [0.1, 0.15) is 38.7 Å². The molecule has 1 aliphatic carbocycles. The summed E-state index contributed by atoms with van der Waals surface area (Å²) >= 11 is 0. The molecule has 0 radical (unpaired) electrons. The van der Waals surface area contributed by atoms with Gasteiger partial charge < -0.3 is 4.74 Å². The molecule has 0 heterocycles. The molecule has 9 heteroatoms. The number of benzene rings is 1. The molecule has 1 fully saturated rings. The zero-order valence-electron chi connectivity index (χ0n) is 13.9. The molecule has 1 aromatic rings. The number of hydrogen-bond acceptors (Lipinski definition) is 3. The van der Waals surface area contributed by atoms with Gasteiger partial charge in [-0.3, -0.25) is 9.59 Å². The van der Waals surface area contributed by atoms with E-state index in [4.69, 9.17) is 6.11 Å². The number of alkyl halides is 6. The molecule has 0 bridgehead atoms. The first kappa shape index (κ1) is 17.8. The molecule has 0 N–H and O–H groups in total. The van der Waals surface area contributed by atoms with Crippen molar-refractivity contribution >= 4 is 11.6 Å². The van der Waals surface area contributed by atoms with Crippen LogP contribution in [0, 0.1) is 5.92 Å². The lowest BCUT2D eigenvalue weighted by Gasteiger charge is -2.27. The average Bonchev–Trinajstić information content (AvgIpc) is 2.45. The molecule has 3 nitrogen and oxygen atoms in total. The maximum absolute atomic E-state index is 13.0. The van der Waals surface area contributed by atoms with E-state index in [9.17, 15) is 35.9 Å². The average molecular weight is 369 g/mol. The molecule has 1 atom stereocenters. The van der Waals surface area contributed by atoms with Crippen LogP contribution in [0.5, 0.6) is 5.75 Å². The monoisotopic (exact) mass is 369 g/mol. The first-order chi connectivity index (χ1) is 11.8. The Hall–Kier alpha value is -2.06. The minimum atomic E-state index is -5.17. The fourth-order valence-electron chi connectivity index (χ4n) is 2.58. The van der Waals surface area contributed by atoms with Crippen molar-refractivity contribution < 1.29 is 42.0 Å². The second-order valence-electron chi connectivity index (χ2n) is 5.88. The fourth-order valence-corrected chi connectivity index (χ4v) is 2.58. The lowest BCUT2D eigenvalue weighted by molar-refractivity contribution is -0.143. The normalized spacial score (nSPS) is 18.9. The van der Waals surface area contributed by atoms with E-state index in [1.54, 1.807) is 0 Å². The lowest BCUT2D eigenvalue weighted by Crippen LogP contribution is -2.33. The Morgan fingerprint density at radius 3 is 1.88 bits per heavy atom. The molecule has 25 heavy (non-hydrogen) atoms. The Labute approximate surface area is 140 Å². The van der Waals surface area contributed by atoms with E-state index in [2.05, 4.69) is 0 Å². The van der Waals surface area contributed by atoms with Crippen LogP contribution in [-0.4, -0.2) is 17.7 Å². The SMILES string of the molecule is [2H]c1c(C(F)(F)F)cc(O[C@@H](C)C2CC(=O)CC(=O)C2)cc1C(F)(F)F. The molecule has 0 aliphatic heterocycles. The minimum Gasteiger partial charge on any atom is -0.490 e. The van der Waals surface area contributed by atoms with Crippen molar-refractivity contribution in [2.75, 3.05) is 0 Å². The standard InChI is InChI=1S/C16H14F6O3/c1-8(9-2-12(23)7-13(24)3-9)25-14-5-10(15(17,18)19)4-11(6-14)16(20,21)22/h4-6,8-9H,2-3,7H2,1H3/t8-/m0/s1/i4D. The van der Waals surface area contributed by atoms with Gasteiger partial charge in [-0.25, -0.2) is 0 Å². The molecule has 1 saturated carbocycles. The number of halogens is 6. The third-order valence-corrected chi connectivity index (χ3v) is 3.81. The predicted molar refractivity (Wildman–Crippen MR) is 73.9 cm³/mol. The van der Waals surface area contributed by atoms with Gasteiger partial charge in [0.1, 0.15) is 17.3 Å². The molecule has 0 spiro atoms. The third kappa shape index (κ3) is 4.96. The molecule has 0 amide bonds. The van der Waals surface area contributed by atoms with Gasteiger partial charge in [0.2, 0.25) is 0 Å². The second-order valence-corrected chi connectivity index (χ2v) is 5.88. The van der Waals surface area contributed by atoms with Crippen LogP contribution >= 0.6 is 0 Å². The van der Waals surface area contributed by atoms with Crippen LogP contribution < -0.4 is 4.74 Å². The van der Waals surface area contributed by atoms with Crippen LogP contribution in [0.2, 0.25) is 0 Å². The third-order valence-electron chi connectivity index (χ3n) is 3.81. The highest BCUT2D eigenvalue weighted by atomic mass is 19.4. The molecule has 1 aromatic carbocycles. The number of carbonyl (C=O) groups is 2. The van der Waals surface area contributed by atoms with Gasteiger partial charge in [0.15, 0.2) is 0 Å². The minimum absolute atomic E-state index is 0.0400. The highest BCUT2D eigenvalue weighted by Crippen LogP contribution is 2.39. The fraction of sp³-hybridized carbons (Fsp3) is 0.500. The first-order valence-corrected chi connectivity index (χ1v) is 7.28. The van der Waals surface area contributed by atoms with Crippen molar-refractivity contribution in [3.05, 3.63) is 29.3 Å².